The van der Waals surface area contributed by atoms with Crippen LogP contribution < -0.4 is 11.1 Å². The molecule has 1 aliphatic rings. The lowest BCUT2D eigenvalue weighted by Gasteiger charge is -2.33. The number of nitrogens with one attached hydrogen (secondary N) is 1. The van der Waals surface area contributed by atoms with E-state index in [1.54, 1.807) is 59.5 Å². The molecule has 0 atom stereocenters. The van der Waals surface area contributed by atoms with Gasteiger partial charge in [0.25, 0.3) is 11.8 Å². The number of benzene rings is 3. The molecule has 0 spiro atoms. The number of fused-ring (bicyclic) bond motifs is 1. The third-order valence-electron chi connectivity index (χ3n) is 7.96. The molecular formula is C35H28F4N4O2S. The monoisotopic (exact) mass is 644 g/mol. The first-order valence-electron chi connectivity index (χ1n) is 14.5. The van der Waals surface area contributed by atoms with Crippen LogP contribution >= 0.6 is 12.2 Å². The van der Waals surface area contributed by atoms with Gasteiger partial charge in [-0.2, -0.15) is 0 Å². The van der Waals surface area contributed by atoms with Crippen molar-refractivity contribution in [3.63, 3.8) is 0 Å². The number of thiocarbonyl (C=S) groups is 1. The highest BCUT2D eigenvalue weighted by atomic mass is 32.1. The van der Waals surface area contributed by atoms with Crippen LogP contribution in [-0.4, -0.2) is 39.8 Å². The zero-order valence-electron chi connectivity index (χ0n) is 24.5. The minimum atomic E-state index is -2.72. The first-order valence-corrected chi connectivity index (χ1v) is 14.9. The normalized spacial score (nSPS) is 14.3. The van der Waals surface area contributed by atoms with Gasteiger partial charge in [-0.05, 0) is 59.7 Å². The number of alkyl halides is 2. The molecule has 234 valence electrons. The van der Waals surface area contributed by atoms with Crippen molar-refractivity contribution in [2.45, 2.75) is 25.3 Å². The molecule has 6 rings (SSSR count). The lowest BCUT2D eigenvalue weighted by Crippen LogP contribution is -2.42. The van der Waals surface area contributed by atoms with Crippen LogP contribution in [0, 0.1) is 11.6 Å². The van der Waals surface area contributed by atoms with E-state index in [1.165, 1.54) is 24.4 Å². The minimum Gasteiger partial charge on any atom is -0.459 e. The van der Waals surface area contributed by atoms with Crippen molar-refractivity contribution < 1.29 is 26.8 Å². The second-order valence-corrected chi connectivity index (χ2v) is 11.5. The molecule has 46 heavy (non-hydrogen) atoms. The van der Waals surface area contributed by atoms with Gasteiger partial charge in [0.2, 0.25) is 0 Å². The van der Waals surface area contributed by atoms with Gasteiger partial charge in [-0.25, -0.2) is 22.5 Å². The number of anilines is 1. The fraction of sp³-hybridized carbons (Fsp3) is 0.171. The minimum absolute atomic E-state index is 0.0378. The van der Waals surface area contributed by atoms with Crippen molar-refractivity contribution in [2.24, 2.45) is 0 Å². The summed E-state index contributed by atoms with van der Waals surface area (Å²) in [5.41, 5.74) is 9.30. The number of pyridine rings is 1. The molecule has 1 aliphatic heterocycles. The standard InChI is InChI=1S/C35H28F4N4O2S/c1-20(23-5-9-31(40)41-18-23)33(44)42-19-27-15-25-14-24(16-29(32(25)45-27)21-2-6-26(36)7-3-21)28-8-4-22(17-30(28)37)34(46)43-12-10-35(38,39)11-13-43/h2-9,14-18H,1,10-13,19H2,(H2,40,41)(H,42,44). The Kier molecular flexibility index (Phi) is 8.35. The Morgan fingerprint density at radius 3 is 2.35 bits per heavy atom. The summed E-state index contributed by atoms with van der Waals surface area (Å²) in [6.45, 7) is 4.08. The maximum atomic E-state index is 15.7. The molecule has 2 aromatic heterocycles. The Morgan fingerprint density at radius 2 is 1.67 bits per heavy atom. The van der Waals surface area contributed by atoms with Crippen molar-refractivity contribution in [1.29, 1.82) is 0 Å². The molecule has 0 bridgehead atoms. The number of hydrogen-bond donors (Lipinski definition) is 2. The van der Waals surface area contributed by atoms with Gasteiger partial charge in [0.05, 0.1) is 6.54 Å². The molecule has 5 aromatic rings. The van der Waals surface area contributed by atoms with E-state index in [2.05, 4.69) is 16.9 Å². The number of carbonyl (C=O) groups is 1. The first kappa shape index (κ1) is 31.0. The Bertz CT molecular complexity index is 1960. The molecule has 6 nitrogen and oxygen atoms in total. The van der Waals surface area contributed by atoms with Gasteiger partial charge in [-0.15, -0.1) is 0 Å². The largest absolute Gasteiger partial charge is 0.459 e. The number of carbonyl (C=O) groups excluding carboxylic acids is 1. The summed E-state index contributed by atoms with van der Waals surface area (Å²) < 4.78 is 62.9. The summed E-state index contributed by atoms with van der Waals surface area (Å²) in [7, 11) is 0. The van der Waals surface area contributed by atoms with E-state index in [-0.39, 0.29) is 43.6 Å². The molecule has 0 radical (unpaired) electrons. The van der Waals surface area contributed by atoms with Crippen LogP contribution in [0.3, 0.4) is 0 Å². The van der Waals surface area contributed by atoms with E-state index >= 15 is 4.39 Å². The number of furan rings is 1. The zero-order valence-corrected chi connectivity index (χ0v) is 25.3. The maximum absolute atomic E-state index is 15.7. The molecule has 3 N–H and O–H groups in total. The summed E-state index contributed by atoms with van der Waals surface area (Å²) in [4.78, 5) is 18.8. The zero-order chi connectivity index (χ0) is 32.6. The van der Waals surface area contributed by atoms with Gasteiger partial charge >= 0.3 is 0 Å². The number of hydrogen-bond acceptors (Lipinski definition) is 5. The van der Waals surface area contributed by atoms with Crippen LogP contribution in [0.15, 0.2) is 90.0 Å². The van der Waals surface area contributed by atoms with Crippen LogP contribution in [-0.2, 0) is 11.3 Å². The first-order chi connectivity index (χ1) is 22.0. The van der Waals surface area contributed by atoms with E-state index in [4.69, 9.17) is 22.4 Å². The quantitative estimate of drug-likeness (QED) is 0.107. The lowest BCUT2D eigenvalue weighted by molar-refractivity contribution is -0.115. The van der Waals surface area contributed by atoms with Crippen molar-refractivity contribution in [3.05, 3.63) is 114 Å². The second-order valence-electron chi connectivity index (χ2n) is 11.1. The smallest absolute Gasteiger partial charge is 0.251 e. The lowest BCUT2D eigenvalue weighted by atomic mass is 9.95. The van der Waals surface area contributed by atoms with Crippen molar-refractivity contribution >= 4 is 45.5 Å². The third kappa shape index (κ3) is 6.50. The van der Waals surface area contributed by atoms with Gasteiger partial charge in [0.15, 0.2) is 0 Å². The van der Waals surface area contributed by atoms with Gasteiger partial charge in [0.1, 0.15) is 33.8 Å². The number of amides is 1. The van der Waals surface area contributed by atoms with Crippen LogP contribution in [0.4, 0.5) is 23.4 Å². The SMILES string of the molecule is C=C(C(=O)NCc1cc2cc(-c3ccc(C(=S)N4CCC(F)(F)CC4)cc3F)cc(-c3ccc(F)cc3)c2o1)c1ccc(N)nc1. The van der Waals surface area contributed by atoms with Crippen LogP contribution in [0.5, 0.6) is 0 Å². The third-order valence-corrected chi connectivity index (χ3v) is 8.46. The highest BCUT2D eigenvalue weighted by Crippen LogP contribution is 2.37. The predicted molar refractivity (Wildman–Crippen MR) is 174 cm³/mol. The van der Waals surface area contributed by atoms with Crippen LogP contribution in [0.25, 0.3) is 38.8 Å². The molecule has 11 heteroatoms. The molecular weight excluding hydrogens is 616 g/mol. The average molecular weight is 645 g/mol. The van der Waals surface area contributed by atoms with E-state index in [1.807, 2.05) is 0 Å². The molecule has 1 fully saturated rings. The number of nitrogens with zero attached hydrogens (tertiary/aromatic N) is 2. The molecule has 1 saturated heterocycles. The predicted octanol–water partition coefficient (Wildman–Crippen LogP) is 7.76. The molecule has 1 amide bonds. The van der Waals surface area contributed by atoms with Gasteiger partial charge in [-0.1, -0.05) is 43.1 Å². The van der Waals surface area contributed by atoms with Crippen molar-refractivity contribution in [1.82, 2.24) is 15.2 Å². The summed E-state index contributed by atoms with van der Waals surface area (Å²) in [6, 6.07) is 18.9. The number of likely N-dealkylation sites (tertiary alicyclic amines) is 1. The van der Waals surface area contributed by atoms with Gasteiger partial charge < -0.3 is 20.4 Å². The number of halogens is 4. The van der Waals surface area contributed by atoms with E-state index in [9.17, 15) is 18.0 Å². The molecule has 3 heterocycles. The van der Waals surface area contributed by atoms with E-state index in [0.717, 1.165) is 0 Å². The number of piperidine rings is 1. The summed E-state index contributed by atoms with van der Waals surface area (Å²) in [5, 5.41) is 3.42. The Labute approximate surface area is 267 Å². The van der Waals surface area contributed by atoms with Gasteiger partial charge in [-0.3, -0.25) is 4.79 Å². The highest BCUT2D eigenvalue weighted by molar-refractivity contribution is 7.80. The van der Waals surface area contributed by atoms with Crippen LogP contribution in [0.2, 0.25) is 0 Å². The van der Waals surface area contributed by atoms with Crippen LogP contribution in [0.1, 0.15) is 29.7 Å². The number of nitrogen functional groups attached to an aromatic ring is 1. The van der Waals surface area contributed by atoms with Crippen molar-refractivity contribution in [3.8, 4) is 22.3 Å². The number of rotatable bonds is 7. The number of nitrogens with two attached hydrogens (primary N) is 1. The van der Waals surface area contributed by atoms with E-state index < -0.39 is 23.5 Å². The summed E-state index contributed by atoms with van der Waals surface area (Å²) in [6.07, 6.45) is 0.860. The number of aromatic nitrogens is 1. The second kappa shape index (κ2) is 12.4. The Balaban J connectivity index is 1.29. The summed E-state index contributed by atoms with van der Waals surface area (Å²) in [5.74, 6) is -3.35. The van der Waals surface area contributed by atoms with Crippen molar-refractivity contribution in [2.75, 3.05) is 18.8 Å². The fourth-order valence-corrected chi connectivity index (χ4v) is 5.69. The van der Waals surface area contributed by atoms with Gasteiger partial charge in [0, 0.05) is 65.3 Å². The molecule has 0 aliphatic carbocycles. The molecule has 0 saturated carbocycles. The molecule has 0 unspecified atom stereocenters. The fourth-order valence-electron chi connectivity index (χ4n) is 5.38. The Hall–Kier alpha value is -5.03. The topological polar surface area (TPSA) is 84.4 Å². The van der Waals surface area contributed by atoms with E-state index in [0.29, 0.717) is 55.4 Å². The molecule has 3 aromatic carbocycles. The Morgan fingerprint density at radius 1 is 0.957 bits per heavy atom. The summed E-state index contributed by atoms with van der Waals surface area (Å²) >= 11 is 5.52. The maximum Gasteiger partial charge on any atom is 0.251 e. The highest BCUT2D eigenvalue weighted by Gasteiger charge is 2.35. The average Bonchev–Trinajstić information content (AvgIpc) is 3.46.